The molecule has 1 heterocycles. The highest BCUT2D eigenvalue weighted by Gasteiger charge is 2.31. The van der Waals surface area contributed by atoms with Crippen LogP contribution in [-0.4, -0.2) is 55.2 Å². The zero-order valence-corrected chi connectivity index (χ0v) is 11.1. The summed E-state index contributed by atoms with van der Waals surface area (Å²) in [5.74, 6) is 1.15. The maximum absolute atomic E-state index is 9.84. The minimum Gasteiger partial charge on any atom is -0.402 e. The van der Waals surface area contributed by atoms with Crippen molar-refractivity contribution in [1.29, 1.82) is 0 Å². The lowest BCUT2D eigenvalue weighted by atomic mass is 10.1. The second-order valence-corrected chi connectivity index (χ2v) is 4.75. The van der Waals surface area contributed by atoms with E-state index in [1.165, 1.54) is 0 Å². The van der Waals surface area contributed by atoms with Gasteiger partial charge in [0, 0.05) is 25.8 Å². The van der Waals surface area contributed by atoms with Gasteiger partial charge in [0.25, 0.3) is 0 Å². The molecule has 4 N–H and O–H groups in total. The van der Waals surface area contributed by atoms with Crippen molar-refractivity contribution >= 4 is 5.84 Å². The zero-order valence-electron chi connectivity index (χ0n) is 11.1. The van der Waals surface area contributed by atoms with E-state index < -0.39 is 0 Å². The Morgan fingerprint density at radius 1 is 1.53 bits per heavy atom. The van der Waals surface area contributed by atoms with Gasteiger partial charge in [-0.15, -0.1) is 0 Å². The van der Waals surface area contributed by atoms with Crippen LogP contribution >= 0.6 is 0 Å². The molecule has 17 heavy (non-hydrogen) atoms. The number of likely N-dealkylation sites (N-methyl/N-ethyl adjacent to an activating group) is 1. The van der Waals surface area contributed by atoms with Gasteiger partial charge in [-0.2, -0.15) is 0 Å². The standard InChI is InChI=1S/C12H24N4O/c1-8(2)9(13)5-12(15-4)16-6-10(14-3)11(17)7-16/h5,8,10-11,14,17H,6-7,13H2,1-4H3. The monoisotopic (exact) mass is 240 g/mol. The van der Waals surface area contributed by atoms with E-state index in [1.54, 1.807) is 7.05 Å². The lowest BCUT2D eigenvalue weighted by molar-refractivity contribution is 0.163. The first-order valence-electron chi connectivity index (χ1n) is 6.03. The molecule has 0 aromatic carbocycles. The largest absolute Gasteiger partial charge is 0.402 e. The lowest BCUT2D eigenvalue weighted by Crippen LogP contribution is -2.36. The number of amidine groups is 1. The summed E-state index contributed by atoms with van der Waals surface area (Å²) in [6, 6.07) is 0.0976. The number of aliphatic hydroxyl groups excluding tert-OH is 1. The molecule has 98 valence electrons. The fraction of sp³-hybridized carbons (Fsp3) is 0.750. The Morgan fingerprint density at radius 2 is 2.18 bits per heavy atom. The molecule has 0 spiro atoms. The Hall–Kier alpha value is -1.07. The molecular formula is C12H24N4O. The van der Waals surface area contributed by atoms with Gasteiger partial charge in [0.2, 0.25) is 0 Å². The molecular weight excluding hydrogens is 216 g/mol. The average molecular weight is 240 g/mol. The van der Waals surface area contributed by atoms with Gasteiger partial charge in [0.15, 0.2) is 0 Å². The van der Waals surface area contributed by atoms with E-state index in [1.807, 2.05) is 27.0 Å². The van der Waals surface area contributed by atoms with Gasteiger partial charge in [-0.05, 0) is 19.0 Å². The summed E-state index contributed by atoms with van der Waals surface area (Å²) in [5.41, 5.74) is 6.75. The number of likely N-dealkylation sites (tertiary alicyclic amines) is 1. The van der Waals surface area contributed by atoms with Crippen LogP contribution in [-0.2, 0) is 0 Å². The van der Waals surface area contributed by atoms with Crippen LogP contribution in [0.15, 0.2) is 16.8 Å². The lowest BCUT2D eigenvalue weighted by Gasteiger charge is -2.19. The van der Waals surface area contributed by atoms with Crippen LogP contribution in [0.5, 0.6) is 0 Å². The second kappa shape index (κ2) is 6.02. The summed E-state index contributed by atoms with van der Waals surface area (Å²) < 4.78 is 0. The number of nitrogens with one attached hydrogen (secondary N) is 1. The minimum absolute atomic E-state index is 0.0976. The van der Waals surface area contributed by atoms with Crippen molar-refractivity contribution in [3.8, 4) is 0 Å². The number of nitrogens with two attached hydrogens (primary N) is 1. The van der Waals surface area contributed by atoms with Crippen molar-refractivity contribution in [3.05, 3.63) is 11.8 Å². The van der Waals surface area contributed by atoms with E-state index in [9.17, 15) is 5.11 Å². The van der Waals surface area contributed by atoms with E-state index in [2.05, 4.69) is 15.2 Å². The molecule has 2 atom stereocenters. The fourth-order valence-corrected chi connectivity index (χ4v) is 1.87. The Labute approximate surface area is 103 Å². The minimum atomic E-state index is -0.356. The molecule has 0 amide bonds. The van der Waals surface area contributed by atoms with Crippen molar-refractivity contribution in [3.63, 3.8) is 0 Å². The highest BCUT2D eigenvalue weighted by atomic mass is 16.3. The Kier molecular flexibility index (Phi) is 4.96. The number of allylic oxidation sites excluding steroid dienone is 1. The molecule has 1 fully saturated rings. The van der Waals surface area contributed by atoms with Crippen LogP contribution in [0.1, 0.15) is 13.8 Å². The first-order chi connectivity index (χ1) is 7.99. The molecule has 0 radical (unpaired) electrons. The van der Waals surface area contributed by atoms with Gasteiger partial charge in [0.05, 0.1) is 12.1 Å². The number of hydrogen-bond acceptors (Lipinski definition) is 4. The van der Waals surface area contributed by atoms with E-state index in [0.29, 0.717) is 12.5 Å². The van der Waals surface area contributed by atoms with Crippen molar-refractivity contribution in [2.24, 2.45) is 16.6 Å². The molecule has 1 aliphatic heterocycles. The van der Waals surface area contributed by atoms with E-state index in [4.69, 9.17) is 5.73 Å². The van der Waals surface area contributed by atoms with Gasteiger partial charge in [-0.3, -0.25) is 4.99 Å². The third-order valence-corrected chi connectivity index (χ3v) is 3.18. The summed E-state index contributed by atoms with van der Waals surface area (Å²) in [4.78, 5) is 6.30. The van der Waals surface area contributed by atoms with Crippen LogP contribution in [0.3, 0.4) is 0 Å². The Morgan fingerprint density at radius 3 is 2.59 bits per heavy atom. The fourth-order valence-electron chi connectivity index (χ4n) is 1.87. The second-order valence-electron chi connectivity index (χ2n) is 4.75. The molecule has 1 rings (SSSR count). The van der Waals surface area contributed by atoms with E-state index in [0.717, 1.165) is 18.1 Å². The van der Waals surface area contributed by atoms with Crippen molar-refractivity contribution in [2.45, 2.75) is 26.0 Å². The average Bonchev–Trinajstić information content (AvgIpc) is 2.66. The third-order valence-electron chi connectivity index (χ3n) is 3.18. The maximum atomic E-state index is 9.84. The Balaban J connectivity index is 2.75. The van der Waals surface area contributed by atoms with Gasteiger partial charge in [-0.25, -0.2) is 0 Å². The first-order valence-corrected chi connectivity index (χ1v) is 6.03. The van der Waals surface area contributed by atoms with Gasteiger partial charge < -0.3 is 21.1 Å². The molecule has 0 aromatic rings. The number of rotatable bonds is 3. The molecule has 2 unspecified atom stereocenters. The molecule has 0 aliphatic carbocycles. The zero-order chi connectivity index (χ0) is 13.0. The first kappa shape index (κ1) is 14.0. The van der Waals surface area contributed by atoms with Crippen molar-refractivity contribution in [1.82, 2.24) is 10.2 Å². The summed E-state index contributed by atoms with van der Waals surface area (Å²) in [5, 5.41) is 12.9. The molecule has 5 nitrogen and oxygen atoms in total. The van der Waals surface area contributed by atoms with Gasteiger partial charge >= 0.3 is 0 Å². The molecule has 0 bridgehead atoms. The highest BCUT2D eigenvalue weighted by Crippen LogP contribution is 2.13. The van der Waals surface area contributed by atoms with Crippen LogP contribution in [0.4, 0.5) is 0 Å². The molecule has 0 aromatic heterocycles. The Bertz CT molecular complexity index is 312. The van der Waals surface area contributed by atoms with E-state index >= 15 is 0 Å². The van der Waals surface area contributed by atoms with Crippen LogP contribution < -0.4 is 11.1 Å². The predicted molar refractivity (Wildman–Crippen MR) is 70.9 cm³/mol. The summed E-state index contributed by atoms with van der Waals surface area (Å²) in [6.45, 7) is 5.45. The third kappa shape index (κ3) is 3.44. The van der Waals surface area contributed by atoms with Crippen molar-refractivity contribution in [2.75, 3.05) is 27.2 Å². The van der Waals surface area contributed by atoms with E-state index in [-0.39, 0.29) is 12.1 Å². The summed E-state index contributed by atoms with van der Waals surface area (Å²) >= 11 is 0. The quantitative estimate of drug-likeness (QED) is 0.471. The highest BCUT2D eigenvalue weighted by molar-refractivity contribution is 5.93. The van der Waals surface area contributed by atoms with Crippen LogP contribution in [0.2, 0.25) is 0 Å². The summed E-state index contributed by atoms with van der Waals surface area (Å²) in [6.07, 6.45) is 1.54. The number of β-amino-alcohol motifs (C(OH)–C–C–N with tert-alkyl or cyclic N) is 1. The SMILES string of the molecule is CN=C(C=C(N)C(C)C)N1CC(O)C(NC)C1. The summed E-state index contributed by atoms with van der Waals surface area (Å²) in [7, 11) is 3.61. The number of nitrogens with zero attached hydrogens (tertiary/aromatic N) is 2. The molecule has 1 aliphatic rings. The topological polar surface area (TPSA) is 73.9 Å². The normalized spacial score (nSPS) is 27.1. The maximum Gasteiger partial charge on any atom is 0.125 e. The molecule has 5 heteroatoms. The van der Waals surface area contributed by atoms with Crippen LogP contribution in [0.25, 0.3) is 0 Å². The smallest absolute Gasteiger partial charge is 0.125 e. The predicted octanol–water partition coefficient (Wildman–Crippen LogP) is -0.222. The van der Waals surface area contributed by atoms with Gasteiger partial charge in [-0.1, -0.05) is 13.8 Å². The van der Waals surface area contributed by atoms with Gasteiger partial charge in [0.1, 0.15) is 5.84 Å². The van der Waals surface area contributed by atoms with Crippen molar-refractivity contribution < 1.29 is 5.11 Å². The molecule has 1 saturated heterocycles. The number of hydrogen-bond donors (Lipinski definition) is 3. The number of aliphatic hydroxyl groups is 1. The molecule has 0 saturated carbocycles. The van der Waals surface area contributed by atoms with Crippen LogP contribution in [0, 0.1) is 5.92 Å². The number of aliphatic imine (C=N–C) groups is 1.